The van der Waals surface area contributed by atoms with Crippen molar-refractivity contribution in [1.29, 1.82) is 0 Å². The minimum Gasteiger partial charge on any atom is -0.461 e. The van der Waals surface area contributed by atoms with Crippen LogP contribution in [0.1, 0.15) is 59.3 Å². The number of ether oxygens (including phenoxy) is 1. The Kier molecular flexibility index (Phi) is 10.5. The van der Waals surface area contributed by atoms with E-state index >= 15 is 0 Å². The van der Waals surface area contributed by atoms with Crippen LogP contribution in [0.2, 0.25) is 10.2 Å². The zero-order valence-electron chi connectivity index (χ0n) is 20.9. The molecule has 3 heterocycles. The number of amides is 1. The van der Waals surface area contributed by atoms with Crippen molar-refractivity contribution in [2.75, 3.05) is 17.2 Å². The van der Waals surface area contributed by atoms with E-state index in [0.29, 0.717) is 17.3 Å². The van der Waals surface area contributed by atoms with Crippen LogP contribution in [-0.4, -0.2) is 55.9 Å². The average molecular weight is 562 g/mol. The molecular formula is C24H29Cl2N9O3. The predicted octanol–water partition coefficient (Wildman–Crippen LogP) is 3.66. The van der Waals surface area contributed by atoms with Gasteiger partial charge in [-0.1, -0.05) is 42.1 Å². The van der Waals surface area contributed by atoms with Crippen molar-refractivity contribution in [3.8, 4) is 0 Å². The molecule has 1 saturated carbocycles. The molecule has 1 fully saturated rings. The summed E-state index contributed by atoms with van der Waals surface area (Å²) in [6, 6.07) is 8.86. The molecule has 3 aromatic heterocycles. The molecule has 0 aliphatic heterocycles. The fourth-order valence-corrected chi connectivity index (χ4v) is 4.13. The third-order valence-corrected chi connectivity index (χ3v) is 5.99. The van der Waals surface area contributed by atoms with Crippen molar-refractivity contribution in [3.63, 3.8) is 0 Å². The van der Waals surface area contributed by atoms with Gasteiger partial charge < -0.3 is 26.8 Å². The number of esters is 1. The molecule has 0 aromatic carbocycles. The summed E-state index contributed by atoms with van der Waals surface area (Å²) >= 11 is 11.2. The number of aromatic nitrogens is 5. The number of aryl methyl sites for hydroxylation is 1. The summed E-state index contributed by atoms with van der Waals surface area (Å²) in [4.78, 5) is 27.2. The van der Waals surface area contributed by atoms with Crippen molar-refractivity contribution in [2.45, 2.75) is 51.6 Å². The molecule has 0 unspecified atom stereocenters. The second-order valence-corrected chi connectivity index (χ2v) is 9.22. The fraction of sp³-hybridized carbons (Fsp3) is 0.375. The maximum Gasteiger partial charge on any atom is 0.360 e. The molecular weight excluding hydrogens is 533 g/mol. The largest absolute Gasteiger partial charge is 0.461 e. The lowest BCUT2D eigenvalue weighted by Crippen LogP contribution is -2.42. The van der Waals surface area contributed by atoms with Gasteiger partial charge in [-0.3, -0.25) is 4.79 Å². The first-order chi connectivity index (χ1) is 18.2. The van der Waals surface area contributed by atoms with Gasteiger partial charge in [-0.05, 0) is 44.9 Å². The molecule has 0 saturated heterocycles. The highest BCUT2D eigenvalue weighted by molar-refractivity contribution is 6.35. The lowest BCUT2D eigenvalue weighted by Gasteiger charge is -2.29. The minimum absolute atomic E-state index is 0.0204. The second-order valence-electron chi connectivity index (χ2n) is 8.43. The first-order valence-corrected chi connectivity index (χ1v) is 12.7. The SMILES string of the molecule is CCOC(=O)c1nnc(Cl)cc1Cl.Cc1cccc(Nc2cc(N[C@@H]3CCCC[C@@H]3N)nnc2C(N)=O)n1. The van der Waals surface area contributed by atoms with Gasteiger partial charge in [0.25, 0.3) is 5.91 Å². The molecule has 0 spiro atoms. The number of anilines is 3. The molecule has 6 N–H and O–H groups in total. The number of primary amides is 1. The Labute approximate surface area is 229 Å². The van der Waals surface area contributed by atoms with Crippen LogP contribution in [0.15, 0.2) is 30.3 Å². The van der Waals surface area contributed by atoms with Gasteiger partial charge >= 0.3 is 5.97 Å². The number of carbonyl (C=O) groups excluding carboxylic acids is 2. The maximum absolute atomic E-state index is 11.7. The van der Waals surface area contributed by atoms with Crippen LogP contribution < -0.4 is 22.1 Å². The summed E-state index contributed by atoms with van der Waals surface area (Å²) in [7, 11) is 0. The average Bonchev–Trinajstić information content (AvgIpc) is 2.86. The van der Waals surface area contributed by atoms with Gasteiger partial charge in [-0.15, -0.1) is 20.4 Å². The van der Waals surface area contributed by atoms with Crippen molar-refractivity contribution in [3.05, 3.63) is 57.6 Å². The first-order valence-electron chi connectivity index (χ1n) is 11.9. The summed E-state index contributed by atoms with van der Waals surface area (Å²) in [6.45, 7) is 3.84. The number of rotatable bonds is 7. The number of hydrogen-bond donors (Lipinski definition) is 4. The van der Waals surface area contributed by atoms with Crippen molar-refractivity contribution < 1.29 is 14.3 Å². The summed E-state index contributed by atoms with van der Waals surface area (Å²) in [5.74, 6) is -0.0847. The molecule has 2 atom stereocenters. The molecule has 12 nitrogen and oxygen atoms in total. The molecule has 14 heteroatoms. The van der Waals surface area contributed by atoms with Crippen LogP contribution in [0.3, 0.4) is 0 Å². The Bertz CT molecular complexity index is 1280. The highest BCUT2D eigenvalue weighted by Crippen LogP contribution is 2.24. The van der Waals surface area contributed by atoms with Crippen LogP contribution in [-0.2, 0) is 4.74 Å². The number of halogens is 2. The Morgan fingerprint density at radius 2 is 1.79 bits per heavy atom. The quantitative estimate of drug-likeness (QED) is 0.308. The van der Waals surface area contributed by atoms with Crippen LogP contribution in [0.5, 0.6) is 0 Å². The first kappa shape index (κ1) is 29.0. The Morgan fingerprint density at radius 1 is 1.05 bits per heavy atom. The van der Waals surface area contributed by atoms with Gasteiger partial charge in [0.1, 0.15) is 5.82 Å². The van der Waals surface area contributed by atoms with Crippen molar-refractivity contribution in [1.82, 2.24) is 25.4 Å². The smallest absolute Gasteiger partial charge is 0.360 e. The van der Waals surface area contributed by atoms with E-state index in [1.165, 1.54) is 6.07 Å². The number of nitrogens with one attached hydrogen (secondary N) is 2. The highest BCUT2D eigenvalue weighted by Gasteiger charge is 2.23. The molecule has 1 aliphatic rings. The Morgan fingerprint density at radius 3 is 2.45 bits per heavy atom. The van der Waals surface area contributed by atoms with Gasteiger partial charge in [0.15, 0.2) is 22.4 Å². The lowest BCUT2D eigenvalue weighted by atomic mass is 9.91. The second kappa shape index (κ2) is 13.8. The van der Waals surface area contributed by atoms with E-state index in [2.05, 4.69) is 40.7 Å². The molecule has 0 radical (unpaired) electrons. The number of pyridine rings is 1. The molecule has 38 heavy (non-hydrogen) atoms. The van der Waals surface area contributed by atoms with E-state index < -0.39 is 11.9 Å². The summed E-state index contributed by atoms with van der Waals surface area (Å²) < 4.78 is 4.68. The van der Waals surface area contributed by atoms with Gasteiger partial charge in [0.2, 0.25) is 0 Å². The minimum atomic E-state index is -0.649. The molecule has 0 bridgehead atoms. The van der Waals surface area contributed by atoms with E-state index in [1.54, 1.807) is 13.0 Å². The lowest BCUT2D eigenvalue weighted by molar-refractivity contribution is 0.0518. The number of nitrogens with two attached hydrogens (primary N) is 2. The normalized spacial score (nSPS) is 16.6. The third-order valence-electron chi connectivity index (χ3n) is 5.52. The fourth-order valence-electron chi connectivity index (χ4n) is 3.70. The highest BCUT2D eigenvalue weighted by atomic mass is 35.5. The van der Waals surface area contributed by atoms with Crippen LogP contribution in [0.4, 0.5) is 17.3 Å². The molecule has 1 aliphatic carbocycles. The Balaban J connectivity index is 0.000000260. The topological polar surface area (TPSA) is 184 Å². The predicted molar refractivity (Wildman–Crippen MR) is 145 cm³/mol. The van der Waals surface area contributed by atoms with Crippen molar-refractivity contribution in [2.24, 2.45) is 11.5 Å². The van der Waals surface area contributed by atoms with E-state index in [9.17, 15) is 9.59 Å². The molecule has 1 amide bonds. The zero-order valence-corrected chi connectivity index (χ0v) is 22.5. The van der Waals surface area contributed by atoms with Crippen molar-refractivity contribution >= 4 is 52.4 Å². The summed E-state index contributed by atoms with van der Waals surface area (Å²) in [5.41, 5.74) is 13.0. The number of carbonyl (C=O) groups is 2. The van der Waals surface area contributed by atoms with Gasteiger partial charge in [0, 0.05) is 23.8 Å². The maximum atomic E-state index is 11.7. The monoisotopic (exact) mass is 561 g/mol. The van der Waals surface area contributed by atoms with Crippen LogP contribution in [0, 0.1) is 6.92 Å². The van der Waals surface area contributed by atoms with E-state index in [-0.39, 0.29) is 40.3 Å². The molecule has 4 rings (SSSR count). The molecule has 3 aromatic rings. The standard InChI is InChI=1S/C17H23N7O.C7H6Cl2N2O2/c1-10-5-4-8-14(20-10)22-13-9-15(23-24-16(13)17(19)25)21-12-7-3-2-6-11(12)18;1-2-13-7(12)6-4(8)3-5(9)10-11-6/h4-5,8-9,11-12H,2-3,6-7,18H2,1H3,(H2,19,25)(H2,20,21,22,23);3H,2H2,1H3/t11-,12+;/m0./s1. The third kappa shape index (κ3) is 8.20. The summed E-state index contributed by atoms with van der Waals surface area (Å²) in [5, 5.41) is 21.7. The van der Waals surface area contributed by atoms with E-state index in [0.717, 1.165) is 31.4 Å². The van der Waals surface area contributed by atoms with Gasteiger partial charge in [-0.2, -0.15) is 0 Å². The summed E-state index contributed by atoms with van der Waals surface area (Å²) in [6.07, 6.45) is 4.26. The van der Waals surface area contributed by atoms with Gasteiger partial charge in [-0.25, -0.2) is 9.78 Å². The Hall–Kier alpha value is -3.61. The van der Waals surface area contributed by atoms with E-state index in [4.69, 9.17) is 34.7 Å². The van der Waals surface area contributed by atoms with Crippen LogP contribution >= 0.6 is 23.2 Å². The van der Waals surface area contributed by atoms with Crippen LogP contribution in [0.25, 0.3) is 0 Å². The van der Waals surface area contributed by atoms with Gasteiger partial charge in [0.05, 0.1) is 17.3 Å². The molecule has 202 valence electrons. The zero-order chi connectivity index (χ0) is 27.7. The number of hydrogen-bond acceptors (Lipinski definition) is 11. The van der Waals surface area contributed by atoms with E-state index in [1.807, 2.05) is 25.1 Å². The number of nitrogens with zero attached hydrogens (tertiary/aromatic N) is 5.